The quantitative estimate of drug-likeness (QED) is 0.727. The fraction of sp³-hybridized carbons (Fsp3) is 0.750. The minimum atomic E-state index is -3.80. The lowest BCUT2D eigenvalue weighted by molar-refractivity contribution is 0.0893. The predicted octanol–water partition coefficient (Wildman–Crippen LogP) is 2.95. The first-order valence-corrected chi connectivity index (χ1v) is 8.67. The number of hydrogen-bond donors (Lipinski definition) is 0. The van der Waals surface area contributed by atoms with Gasteiger partial charge in [-0.25, -0.2) is 8.42 Å². The molecule has 110 valence electrons. The third kappa shape index (κ3) is 4.47. The Hall–Kier alpha value is -0.590. The number of ether oxygens (including phenoxy) is 1. The highest BCUT2D eigenvalue weighted by molar-refractivity contribution is 8.13. The first-order valence-electron chi connectivity index (χ1n) is 6.36. The Labute approximate surface area is 119 Å². The van der Waals surface area contributed by atoms with Gasteiger partial charge in [0.1, 0.15) is 4.90 Å². The van der Waals surface area contributed by atoms with E-state index in [4.69, 9.17) is 15.4 Å². The average Bonchev–Trinajstić information content (AvgIpc) is 2.71. The standard InChI is InChI=1S/C12H21ClN2O3S/c1-5-10(4)15-11(8-18-7-9(2)3)12(6-14-15)19(13,16)17/h6,9-10H,5,7-8H2,1-4H3. The van der Waals surface area contributed by atoms with Crippen LogP contribution in [0.1, 0.15) is 45.9 Å². The molecule has 7 heteroatoms. The maximum Gasteiger partial charge on any atom is 0.264 e. The number of rotatable bonds is 7. The normalized spacial score (nSPS) is 14.0. The summed E-state index contributed by atoms with van der Waals surface area (Å²) in [5.41, 5.74) is 0.519. The average molecular weight is 309 g/mol. The Kier molecular flexibility index (Phi) is 5.82. The Morgan fingerprint density at radius 2 is 2.05 bits per heavy atom. The number of nitrogens with zero attached hydrogens (tertiary/aromatic N) is 2. The molecule has 0 aliphatic carbocycles. The molecule has 0 spiro atoms. The first kappa shape index (κ1) is 16.5. The second-order valence-corrected chi connectivity index (χ2v) is 7.54. The monoisotopic (exact) mass is 308 g/mol. The highest BCUT2D eigenvalue weighted by atomic mass is 35.7. The molecular weight excluding hydrogens is 288 g/mol. The maximum absolute atomic E-state index is 11.5. The summed E-state index contributed by atoms with van der Waals surface area (Å²) in [6.07, 6.45) is 2.14. The summed E-state index contributed by atoms with van der Waals surface area (Å²) in [5.74, 6) is 0.385. The van der Waals surface area contributed by atoms with Gasteiger partial charge >= 0.3 is 0 Å². The second-order valence-electron chi connectivity index (χ2n) is 5.00. The van der Waals surface area contributed by atoms with Crippen LogP contribution in [0.2, 0.25) is 0 Å². The number of hydrogen-bond acceptors (Lipinski definition) is 4. The third-order valence-corrected chi connectivity index (χ3v) is 4.19. The van der Waals surface area contributed by atoms with Gasteiger partial charge in [0, 0.05) is 23.3 Å². The Morgan fingerprint density at radius 1 is 1.42 bits per heavy atom. The molecule has 1 rings (SSSR count). The summed E-state index contributed by atoms with van der Waals surface area (Å²) >= 11 is 0. The number of aromatic nitrogens is 2. The molecule has 0 aliphatic rings. The third-order valence-electron chi connectivity index (χ3n) is 2.82. The number of halogens is 1. The van der Waals surface area contributed by atoms with Crippen molar-refractivity contribution in [1.29, 1.82) is 0 Å². The van der Waals surface area contributed by atoms with Gasteiger partial charge in [-0.3, -0.25) is 4.68 Å². The lowest BCUT2D eigenvalue weighted by atomic mass is 10.2. The molecule has 19 heavy (non-hydrogen) atoms. The lowest BCUT2D eigenvalue weighted by Crippen LogP contribution is -2.13. The van der Waals surface area contributed by atoms with Crippen molar-refractivity contribution in [2.75, 3.05) is 6.61 Å². The van der Waals surface area contributed by atoms with Gasteiger partial charge in [0.05, 0.1) is 18.5 Å². The van der Waals surface area contributed by atoms with Gasteiger partial charge in [0.25, 0.3) is 9.05 Å². The summed E-state index contributed by atoms with van der Waals surface area (Å²) in [4.78, 5) is 0.0400. The molecule has 0 saturated heterocycles. The van der Waals surface area contributed by atoms with Crippen molar-refractivity contribution in [1.82, 2.24) is 9.78 Å². The van der Waals surface area contributed by atoms with Crippen LogP contribution in [0.3, 0.4) is 0 Å². The summed E-state index contributed by atoms with van der Waals surface area (Å²) in [5, 5.41) is 4.12. The second kappa shape index (κ2) is 6.72. The highest BCUT2D eigenvalue weighted by Gasteiger charge is 2.23. The van der Waals surface area contributed by atoms with Crippen LogP contribution < -0.4 is 0 Å². The van der Waals surface area contributed by atoms with Crippen LogP contribution in [0.15, 0.2) is 11.1 Å². The van der Waals surface area contributed by atoms with Crippen LogP contribution in [0.4, 0.5) is 0 Å². The van der Waals surface area contributed by atoms with Crippen LogP contribution in [0.5, 0.6) is 0 Å². The Bertz CT molecular complexity index is 511. The molecule has 1 aromatic heterocycles. The van der Waals surface area contributed by atoms with E-state index in [9.17, 15) is 8.42 Å². The maximum atomic E-state index is 11.5. The van der Waals surface area contributed by atoms with Crippen LogP contribution in [0, 0.1) is 5.92 Å². The van der Waals surface area contributed by atoms with Crippen molar-refractivity contribution in [3.8, 4) is 0 Å². The van der Waals surface area contributed by atoms with E-state index in [0.29, 0.717) is 18.2 Å². The largest absolute Gasteiger partial charge is 0.375 e. The van der Waals surface area contributed by atoms with Gasteiger partial charge in [-0.15, -0.1) is 0 Å². The van der Waals surface area contributed by atoms with Crippen LogP contribution in [-0.2, 0) is 20.4 Å². The summed E-state index contributed by atoms with van der Waals surface area (Å²) in [6.45, 7) is 8.82. The van der Waals surface area contributed by atoms with E-state index in [-0.39, 0.29) is 17.5 Å². The summed E-state index contributed by atoms with van der Waals surface area (Å²) in [7, 11) is 1.63. The fourth-order valence-corrected chi connectivity index (χ4v) is 2.65. The van der Waals surface area contributed by atoms with Crippen LogP contribution >= 0.6 is 10.7 Å². The minimum Gasteiger partial charge on any atom is -0.375 e. The smallest absolute Gasteiger partial charge is 0.264 e. The van der Waals surface area contributed by atoms with E-state index in [1.54, 1.807) is 4.68 Å². The van der Waals surface area contributed by atoms with Gasteiger partial charge in [-0.05, 0) is 19.3 Å². The van der Waals surface area contributed by atoms with E-state index in [1.807, 2.05) is 27.7 Å². The van der Waals surface area contributed by atoms with Crippen LogP contribution in [0.25, 0.3) is 0 Å². The van der Waals surface area contributed by atoms with Crippen molar-refractivity contribution in [2.24, 2.45) is 5.92 Å². The molecule has 5 nitrogen and oxygen atoms in total. The zero-order valence-corrected chi connectivity index (χ0v) is 13.3. The molecule has 1 atom stereocenters. The van der Waals surface area contributed by atoms with E-state index in [2.05, 4.69) is 5.10 Å². The van der Waals surface area contributed by atoms with E-state index in [1.165, 1.54) is 6.20 Å². The SMILES string of the molecule is CCC(C)n1ncc(S(=O)(=O)Cl)c1COCC(C)C. The molecule has 0 saturated carbocycles. The van der Waals surface area contributed by atoms with E-state index in [0.717, 1.165) is 6.42 Å². The molecule has 0 aromatic carbocycles. The van der Waals surface area contributed by atoms with Crippen molar-refractivity contribution >= 4 is 19.7 Å². The summed E-state index contributed by atoms with van der Waals surface area (Å²) < 4.78 is 30.3. The molecule has 0 radical (unpaired) electrons. The molecule has 0 amide bonds. The minimum absolute atomic E-state index is 0.0400. The Balaban J connectivity index is 3.04. The molecule has 0 N–H and O–H groups in total. The zero-order valence-electron chi connectivity index (χ0n) is 11.8. The predicted molar refractivity (Wildman–Crippen MR) is 74.8 cm³/mol. The zero-order chi connectivity index (χ0) is 14.6. The molecular formula is C12H21ClN2O3S. The summed E-state index contributed by atoms with van der Waals surface area (Å²) in [6, 6.07) is 0.102. The molecule has 1 aromatic rings. The Morgan fingerprint density at radius 3 is 2.53 bits per heavy atom. The molecule has 0 bridgehead atoms. The van der Waals surface area contributed by atoms with Crippen molar-refractivity contribution < 1.29 is 13.2 Å². The van der Waals surface area contributed by atoms with Crippen LogP contribution in [-0.4, -0.2) is 24.8 Å². The highest BCUT2D eigenvalue weighted by Crippen LogP contribution is 2.24. The lowest BCUT2D eigenvalue weighted by Gasteiger charge is -2.15. The van der Waals surface area contributed by atoms with Gasteiger partial charge in [0.2, 0.25) is 0 Å². The van der Waals surface area contributed by atoms with Gasteiger partial charge in [-0.2, -0.15) is 5.10 Å². The van der Waals surface area contributed by atoms with E-state index < -0.39 is 9.05 Å². The molecule has 0 aliphatic heterocycles. The molecule has 1 unspecified atom stereocenters. The van der Waals surface area contributed by atoms with Crippen molar-refractivity contribution in [2.45, 2.75) is 51.7 Å². The van der Waals surface area contributed by atoms with Crippen molar-refractivity contribution in [3.05, 3.63) is 11.9 Å². The topological polar surface area (TPSA) is 61.2 Å². The van der Waals surface area contributed by atoms with Gasteiger partial charge in [-0.1, -0.05) is 20.8 Å². The molecule has 1 heterocycles. The van der Waals surface area contributed by atoms with Gasteiger partial charge < -0.3 is 4.74 Å². The van der Waals surface area contributed by atoms with Gasteiger partial charge in [0.15, 0.2) is 0 Å². The molecule has 0 fully saturated rings. The van der Waals surface area contributed by atoms with E-state index >= 15 is 0 Å². The van der Waals surface area contributed by atoms with Crippen molar-refractivity contribution in [3.63, 3.8) is 0 Å². The fourth-order valence-electron chi connectivity index (χ4n) is 1.66. The first-order chi connectivity index (χ1) is 8.77.